The highest BCUT2D eigenvalue weighted by atomic mass is 32.2. The van der Waals surface area contributed by atoms with Crippen molar-refractivity contribution in [3.8, 4) is 11.5 Å². The van der Waals surface area contributed by atoms with Crippen molar-refractivity contribution in [2.24, 2.45) is 5.73 Å². The Bertz CT molecular complexity index is 832. The summed E-state index contributed by atoms with van der Waals surface area (Å²) in [5, 5.41) is 7.43. The Hall–Kier alpha value is -2.54. The fraction of sp³-hybridized carbons (Fsp3) is 0.188. The molecular weight excluding hydrogens is 316 g/mol. The number of nitrogen functional groups attached to an aromatic ring is 1. The van der Waals surface area contributed by atoms with Gasteiger partial charge in [0.2, 0.25) is 0 Å². The van der Waals surface area contributed by atoms with E-state index in [0.717, 1.165) is 6.26 Å². The first-order chi connectivity index (χ1) is 10.8. The molecule has 7 heteroatoms. The fourth-order valence-electron chi connectivity index (χ4n) is 2.09. The first kappa shape index (κ1) is 16.8. The van der Waals surface area contributed by atoms with Gasteiger partial charge in [0.25, 0.3) is 0 Å². The van der Waals surface area contributed by atoms with E-state index in [1.54, 1.807) is 42.5 Å². The number of amidine groups is 1. The van der Waals surface area contributed by atoms with Gasteiger partial charge in [-0.2, -0.15) is 0 Å². The second-order valence-corrected chi connectivity index (χ2v) is 6.93. The van der Waals surface area contributed by atoms with Gasteiger partial charge in [0.05, 0.1) is 12.0 Å². The van der Waals surface area contributed by atoms with Crippen molar-refractivity contribution >= 4 is 15.7 Å². The maximum Gasteiger partial charge on any atom is 0.175 e. The molecule has 0 amide bonds. The number of rotatable bonds is 6. The zero-order valence-corrected chi connectivity index (χ0v) is 13.7. The van der Waals surface area contributed by atoms with E-state index >= 15 is 0 Å². The molecule has 0 heterocycles. The van der Waals surface area contributed by atoms with Crippen molar-refractivity contribution in [1.29, 1.82) is 5.41 Å². The molecule has 2 rings (SSSR count). The largest absolute Gasteiger partial charge is 0.493 e. The van der Waals surface area contributed by atoms with Gasteiger partial charge in [-0.15, -0.1) is 0 Å². The molecule has 0 aromatic heterocycles. The third-order valence-corrected chi connectivity index (χ3v) is 4.43. The minimum Gasteiger partial charge on any atom is -0.493 e. The summed E-state index contributed by atoms with van der Waals surface area (Å²) in [6.45, 7) is 0.0824. The summed E-state index contributed by atoms with van der Waals surface area (Å²) >= 11 is 0. The molecule has 2 aromatic carbocycles. The van der Waals surface area contributed by atoms with Gasteiger partial charge in [0.1, 0.15) is 12.4 Å². The van der Waals surface area contributed by atoms with E-state index in [2.05, 4.69) is 0 Å². The topological polar surface area (TPSA) is 102 Å². The molecular formula is C16H18N2O4S. The van der Waals surface area contributed by atoms with Gasteiger partial charge in [0, 0.05) is 17.4 Å². The standard InChI is InChI=1S/C16H18N2O4S/c1-21-14-9-11(16(17)18)7-8-13(14)22-10-12-5-3-4-6-15(12)23(2,19)20/h3-9H,10H2,1-2H3,(H3,17,18). The van der Waals surface area contributed by atoms with Crippen molar-refractivity contribution in [2.45, 2.75) is 11.5 Å². The lowest BCUT2D eigenvalue weighted by molar-refractivity contribution is 0.282. The summed E-state index contributed by atoms with van der Waals surface area (Å²) in [5.41, 5.74) is 6.52. The Balaban J connectivity index is 2.27. The maximum absolute atomic E-state index is 11.8. The van der Waals surface area contributed by atoms with E-state index in [9.17, 15) is 8.42 Å². The molecule has 0 aliphatic carbocycles. The van der Waals surface area contributed by atoms with Gasteiger partial charge >= 0.3 is 0 Å². The van der Waals surface area contributed by atoms with E-state index in [1.165, 1.54) is 7.11 Å². The van der Waals surface area contributed by atoms with Crippen molar-refractivity contribution in [3.05, 3.63) is 53.6 Å². The number of nitrogens with one attached hydrogen (secondary N) is 1. The predicted octanol–water partition coefficient (Wildman–Crippen LogP) is 1.96. The molecule has 0 radical (unpaired) electrons. The van der Waals surface area contributed by atoms with Crippen LogP contribution in [0.5, 0.6) is 11.5 Å². The summed E-state index contributed by atoms with van der Waals surface area (Å²) in [7, 11) is -1.84. The molecule has 3 N–H and O–H groups in total. The van der Waals surface area contributed by atoms with Crippen LogP contribution in [0.1, 0.15) is 11.1 Å². The van der Waals surface area contributed by atoms with Crippen molar-refractivity contribution in [2.75, 3.05) is 13.4 Å². The van der Waals surface area contributed by atoms with Crippen LogP contribution < -0.4 is 15.2 Å². The lowest BCUT2D eigenvalue weighted by Gasteiger charge is -2.13. The van der Waals surface area contributed by atoms with Crippen LogP contribution in [-0.4, -0.2) is 27.6 Å². The Morgan fingerprint density at radius 1 is 1.17 bits per heavy atom. The molecule has 0 fully saturated rings. The molecule has 0 saturated heterocycles. The van der Waals surface area contributed by atoms with Crippen LogP contribution in [0.3, 0.4) is 0 Å². The second-order valence-electron chi connectivity index (χ2n) is 4.95. The lowest BCUT2D eigenvalue weighted by atomic mass is 10.2. The van der Waals surface area contributed by atoms with Gasteiger partial charge < -0.3 is 15.2 Å². The van der Waals surface area contributed by atoms with Crippen LogP contribution >= 0.6 is 0 Å². The van der Waals surface area contributed by atoms with E-state index in [0.29, 0.717) is 22.6 Å². The number of hydrogen-bond donors (Lipinski definition) is 2. The molecule has 0 aliphatic rings. The third-order valence-electron chi connectivity index (χ3n) is 3.23. The Morgan fingerprint density at radius 3 is 2.48 bits per heavy atom. The van der Waals surface area contributed by atoms with Crippen LogP contribution in [-0.2, 0) is 16.4 Å². The second kappa shape index (κ2) is 6.70. The molecule has 0 atom stereocenters. The van der Waals surface area contributed by atoms with Gasteiger partial charge in [0.15, 0.2) is 21.3 Å². The van der Waals surface area contributed by atoms with Crippen LogP contribution in [0.25, 0.3) is 0 Å². The van der Waals surface area contributed by atoms with E-state index < -0.39 is 9.84 Å². The molecule has 0 unspecified atom stereocenters. The number of methoxy groups -OCH3 is 1. The molecule has 23 heavy (non-hydrogen) atoms. The Morgan fingerprint density at radius 2 is 1.87 bits per heavy atom. The van der Waals surface area contributed by atoms with E-state index in [1.807, 2.05) is 0 Å². The molecule has 0 aliphatic heterocycles. The first-order valence-corrected chi connectivity index (χ1v) is 8.65. The van der Waals surface area contributed by atoms with Gasteiger partial charge in [-0.05, 0) is 24.3 Å². The fourth-order valence-corrected chi connectivity index (χ4v) is 3.02. The molecule has 122 valence electrons. The molecule has 2 aromatic rings. The quantitative estimate of drug-likeness (QED) is 0.621. The Kier molecular flexibility index (Phi) is 4.90. The minimum absolute atomic E-state index is 0.0720. The minimum atomic E-state index is -3.33. The number of sulfone groups is 1. The highest BCUT2D eigenvalue weighted by Crippen LogP contribution is 2.29. The summed E-state index contributed by atoms with van der Waals surface area (Å²) in [5.74, 6) is 0.799. The number of nitrogens with two attached hydrogens (primary N) is 1. The summed E-state index contributed by atoms with van der Waals surface area (Å²) in [6, 6.07) is 11.5. The summed E-state index contributed by atoms with van der Waals surface area (Å²) in [4.78, 5) is 0.235. The van der Waals surface area contributed by atoms with E-state index in [-0.39, 0.29) is 17.3 Å². The SMILES string of the molecule is COc1cc(C(=N)N)ccc1OCc1ccccc1S(C)(=O)=O. The highest BCUT2D eigenvalue weighted by molar-refractivity contribution is 7.90. The molecule has 0 spiro atoms. The highest BCUT2D eigenvalue weighted by Gasteiger charge is 2.14. The summed E-state index contributed by atoms with van der Waals surface area (Å²) in [6.07, 6.45) is 1.16. The zero-order chi connectivity index (χ0) is 17.0. The molecule has 0 saturated carbocycles. The third kappa shape index (κ3) is 4.01. The molecule has 6 nitrogen and oxygen atoms in total. The zero-order valence-electron chi connectivity index (χ0n) is 12.9. The number of hydrogen-bond acceptors (Lipinski definition) is 5. The van der Waals surface area contributed by atoms with Crippen LogP contribution in [0.4, 0.5) is 0 Å². The Labute approximate surface area is 135 Å². The number of ether oxygens (including phenoxy) is 2. The van der Waals surface area contributed by atoms with Gasteiger partial charge in [-0.25, -0.2) is 8.42 Å². The van der Waals surface area contributed by atoms with Gasteiger partial charge in [-0.1, -0.05) is 18.2 Å². The van der Waals surface area contributed by atoms with Gasteiger partial charge in [-0.3, -0.25) is 5.41 Å². The van der Waals surface area contributed by atoms with Crippen LogP contribution in [0.2, 0.25) is 0 Å². The average molecular weight is 334 g/mol. The monoisotopic (exact) mass is 334 g/mol. The smallest absolute Gasteiger partial charge is 0.175 e. The van der Waals surface area contributed by atoms with Crippen LogP contribution in [0.15, 0.2) is 47.4 Å². The maximum atomic E-state index is 11.8. The molecule has 0 bridgehead atoms. The number of benzene rings is 2. The predicted molar refractivity (Wildman–Crippen MR) is 87.9 cm³/mol. The van der Waals surface area contributed by atoms with E-state index in [4.69, 9.17) is 20.6 Å². The average Bonchev–Trinajstić information content (AvgIpc) is 2.52. The van der Waals surface area contributed by atoms with Crippen molar-refractivity contribution in [1.82, 2.24) is 0 Å². The van der Waals surface area contributed by atoms with Crippen molar-refractivity contribution < 1.29 is 17.9 Å². The normalized spacial score (nSPS) is 11.0. The van der Waals surface area contributed by atoms with Crippen LogP contribution in [0, 0.1) is 5.41 Å². The summed E-state index contributed by atoms with van der Waals surface area (Å²) < 4.78 is 34.5. The van der Waals surface area contributed by atoms with Crippen molar-refractivity contribution in [3.63, 3.8) is 0 Å². The lowest BCUT2D eigenvalue weighted by Crippen LogP contribution is -2.11. The first-order valence-electron chi connectivity index (χ1n) is 6.76.